The Morgan fingerprint density at radius 2 is 1.80 bits per heavy atom. The van der Waals surface area contributed by atoms with Gasteiger partial charge in [-0.15, -0.1) is 0 Å². The first-order valence-corrected chi connectivity index (χ1v) is 11.0. The lowest BCUT2D eigenvalue weighted by molar-refractivity contribution is -0.143. The molecule has 0 radical (unpaired) electrons. The van der Waals surface area contributed by atoms with Crippen LogP contribution in [-0.4, -0.2) is 66.3 Å². The van der Waals surface area contributed by atoms with Crippen LogP contribution in [0.2, 0.25) is 0 Å². The van der Waals surface area contributed by atoms with Crippen LogP contribution in [0.15, 0.2) is 30.3 Å². The number of carbonyl (C=O) groups is 3. The molecule has 2 saturated heterocycles. The minimum absolute atomic E-state index is 0.00270. The molecule has 4 rings (SSSR count). The number of nitrogens with zero attached hydrogens (tertiary/aromatic N) is 2. The number of nitrogens with one attached hydrogen (secondary N) is 1. The predicted molar refractivity (Wildman–Crippen MR) is 112 cm³/mol. The highest BCUT2D eigenvalue weighted by Gasteiger charge is 2.53. The highest BCUT2D eigenvalue weighted by molar-refractivity contribution is 5.94. The van der Waals surface area contributed by atoms with Crippen molar-refractivity contribution in [3.05, 3.63) is 30.3 Å². The highest BCUT2D eigenvalue weighted by Crippen LogP contribution is 2.44. The molecule has 1 aromatic carbocycles. The van der Waals surface area contributed by atoms with Crippen LogP contribution in [0.5, 0.6) is 5.75 Å². The van der Waals surface area contributed by atoms with Gasteiger partial charge in [0.05, 0.1) is 5.41 Å². The second-order valence-electron chi connectivity index (χ2n) is 8.89. The number of amides is 3. The molecule has 1 aliphatic carbocycles. The zero-order valence-electron chi connectivity index (χ0n) is 17.6. The standard InChI is InChI=1S/C23H31N3O4/c1-25-19(21(28)24-17-7-5-6-8-17)15-23(22(25)29)11-13-26(14-12-23)20(27)16-30-18-9-3-2-4-10-18/h2-4,9-10,17,19H,5-8,11-16H2,1H3,(H,24,28)/t19-/m0/s1. The van der Waals surface area contributed by atoms with Crippen LogP contribution in [-0.2, 0) is 14.4 Å². The van der Waals surface area contributed by atoms with Gasteiger partial charge in [0.15, 0.2) is 6.61 Å². The van der Waals surface area contributed by atoms with Crippen molar-refractivity contribution in [2.75, 3.05) is 26.7 Å². The normalized spacial score (nSPS) is 23.8. The average molecular weight is 414 g/mol. The fourth-order valence-corrected chi connectivity index (χ4v) is 5.10. The van der Waals surface area contributed by atoms with E-state index in [-0.39, 0.29) is 30.4 Å². The molecule has 0 unspecified atom stereocenters. The van der Waals surface area contributed by atoms with Crippen molar-refractivity contribution in [3.63, 3.8) is 0 Å². The number of likely N-dealkylation sites (tertiary alicyclic amines) is 2. The number of piperidine rings is 1. The van der Waals surface area contributed by atoms with E-state index in [0.717, 1.165) is 25.7 Å². The summed E-state index contributed by atoms with van der Waals surface area (Å²) in [5.41, 5.74) is -0.524. The van der Waals surface area contributed by atoms with Gasteiger partial charge < -0.3 is 19.9 Å². The number of benzene rings is 1. The van der Waals surface area contributed by atoms with E-state index in [9.17, 15) is 14.4 Å². The first-order valence-electron chi connectivity index (χ1n) is 11.0. The molecule has 0 aromatic heterocycles. The van der Waals surface area contributed by atoms with Crippen LogP contribution in [0.25, 0.3) is 0 Å². The van der Waals surface area contributed by atoms with Crippen LogP contribution >= 0.6 is 0 Å². The lowest BCUT2D eigenvalue weighted by atomic mass is 9.76. The van der Waals surface area contributed by atoms with Crippen molar-refractivity contribution >= 4 is 17.7 Å². The molecule has 30 heavy (non-hydrogen) atoms. The Kier molecular flexibility index (Phi) is 5.97. The maximum absolute atomic E-state index is 13.0. The fourth-order valence-electron chi connectivity index (χ4n) is 5.10. The van der Waals surface area contributed by atoms with E-state index in [0.29, 0.717) is 38.1 Å². The Balaban J connectivity index is 1.31. The summed E-state index contributed by atoms with van der Waals surface area (Å²) in [4.78, 5) is 41.8. The molecule has 3 fully saturated rings. The molecule has 1 atom stereocenters. The maximum atomic E-state index is 13.0. The van der Waals surface area contributed by atoms with Gasteiger partial charge in [0.1, 0.15) is 11.8 Å². The van der Waals surface area contributed by atoms with E-state index in [1.807, 2.05) is 30.3 Å². The summed E-state index contributed by atoms with van der Waals surface area (Å²) in [6.07, 6.45) is 6.12. The fraction of sp³-hybridized carbons (Fsp3) is 0.609. The second-order valence-corrected chi connectivity index (χ2v) is 8.89. The number of ether oxygens (including phenoxy) is 1. The molecule has 3 amide bonds. The lowest BCUT2D eigenvalue weighted by Crippen LogP contribution is -2.47. The molecular weight excluding hydrogens is 382 g/mol. The molecule has 1 aromatic rings. The molecule has 0 bridgehead atoms. The van der Waals surface area contributed by atoms with E-state index in [2.05, 4.69) is 5.32 Å². The van der Waals surface area contributed by atoms with Crippen molar-refractivity contribution in [1.29, 1.82) is 0 Å². The molecule has 1 saturated carbocycles. The highest BCUT2D eigenvalue weighted by atomic mass is 16.5. The smallest absolute Gasteiger partial charge is 0.260 e. The Hall–Kier alpha value is -2.57. The zero-order valence-corrected chi connectivity index (χ0v) is 17.6. The monoisotopic (exact) mass is 413 g/mol. The van der Waals surface area contributed by atoms with Gasteiger partial charge in [-0.3, -0.25) is 14.4 Å². The molecule has 2 aliphatic heterocycles. The Bertz CT molecular complexity index is 783. The Labute approximate surface area is 177 Å². The molecule has 162 valence electrons. The van der Waals surface area contributed by atoms with Gasteiger partial charge in [-0.25, -0.2) is 0 Å². The van der Waals surface area contributed by atoms with Gasteiger partial charge in [0.25, 0.3) is 5.91 Å². The SMILES string of the molecule is CN1C(=O)C2(CCN(C(=O)COc3ccccc3)CC2)C[C@H]1C(=O)NC1CCCC1. The van der Waals surface area contributed by atoms with Crippen LogP contribution < -0.4 is 10.1 Å². The molecule has 7 heteroatoms. The van der Waals surface area contributed by atoms with Crippen LogP contribution in [0.1, 0.15) is 44.9 Å². The van der Waals surface area contributed by atoms with E-state index in [1.165, 1.54) is 0 Å². The van der Waals surface area contributed by atoms with Crippen molar-refractivity contribution in [2.45, 2.75) is 57.0 Å². The van der Waals surface area contributed by atoms with Crippen LogP contribution in [0.3, 0.4) is 0 Å². The lowest BCUT2D eigenvalue weighted by Gasteiger charge is -2.37. The minimum Gasteiger partial charge on any atom is -0.484 e. The maximum Gasteiger partial charge on any atom is 0.260 e. The van der Waals surface area contributed by atoms with E-state index >= 15 is 0 Å². The van der Waals surface area contributed by atoms with Crippen LogP contribution in [0, 0.1) is 5.41 Å². The van der Waals surface area contributed by atoms with Crippen molar-refractivity contribution in [2.24, 2.45) is 5.41 Å². The van der Waals surface area contributed by atoms with Crippen LogP contribution in [0.4, 0.5) is 0 Å². The predicted octanol–water partition coefficient (Wildman–Crippen LogP) is 1.96. The third kappa shape index (κ3) is 4.16. The van der Waals surface area contributed by atoms with Crippen molar-refractivity contribution in [1.82, 2.24) is 15.1 Å². The Morgan fingerprint density at radius 1 is 1.13 bits per heavy atom. The number of hydrogen-bond donors (Lipinski definition) is 1. The number of rotatable bonds is 5. The van der Waals surface area contributed by atoms with E-state index in [4.69, 9.17) is 4.74 Å². The number of likely N-dealkylation sites (N-methyl/N-ethyl adjacent to an activating group) is 1. The number of carbonyl (C=O) groups excluding carboxylic acids is 3. The van der Waals surface area contributed by atoms with Gasteiger partial charge in [-0.1, -0.05) is 31.0 Å². The summed E-state index contributed by atoms with van der Waals surface area (Å²) in [7, 11) is 1.74. The first kappa shape index (κ1) is 20.7. The Morgan fingerprint density at radius 3 is 2.47 bits per heavy atom. The summed E-state index contributed by atoms with van der Waals surface area (Å²) < 4.78 is 5.57. The average Bonchev–Trinajstić information content (AvgIpc) is 3.36. The molecule has 7 nitrogen and oxygen atoms in total. The van der Waals surface area contributed by atoms with Crippen molar-refractivity contribution in [3.8, 4) is 5.75 Å². The van der Waals surface area contributed by atoms with Gasteiger partial charge in [0, 0.05) is 26.2 Å². The first-order chi connectivity index (χ1) is 14.5. The number of para-hydroxylation sites is 1. The van der Waals surface area contributed by atoms with Gasteiger partial charge >= 0.3 is 0 Å². The summed E-state index contributed by atoms with van der Waals surface area (Å²) >= 11 is 0. The molecule has 2 heterocycles. The van der Waals surface area contributed by atoms with E-state index in [1.54, 1.807) is 16.8 Å². The minimum atomic E-state index is -0.524. The quantitative estimate of drug-likeness (QED) is 0.800. The van der Waals surface area contributed by atoms with Gasteiger partial charge in [0.2, 0.25) is 11.8 Å². The zero-order chi connectivity index (χ0) is 21.1. The largest absolute Gasteiger partial charge is 0.484 e. The summed E-state index contributed by atoms with van der Waals surface area (Å²) in [6.45, 7) is 1.04. The van der Waals surface area contributed by atoms with Crippen molar-refractivity contribution < 1.29 is 19.1 Å². The summed E-state index contributed by atoms with van der Waals surface area (Å²) in [5.74, 6) is 0.622. The van der Waals surface area contributed by atoms with E-state index < -0.39 is 11.5 Å². The number of hydrogen-bond acceptors (Lipinski definition) is 4. The molecule has 3 aliphatic rings. The second kappa shape index (κ2) is 8.66. The third-order valence-electron chi connectivity index (χ3n) is 7.01. The summed E-state index contributed by atoms with van der Waals surface area (Å²) in [6, 6.07) is 9.13. The summed E-state index contributed by atoms with van der Waals surface area (Å²) in [5, 5.41) is 3.14. The van der Waals surface area contributed by atoms with Gasteiger partial charge in [-0.2, -0.15) is 0 Å². The topological polar surface area (TPSA) is 79.0 Å². The molecule has 1 spiro atoms. The molecule has 1 N–H and O–H groups in total. The molecular formula is C23H31N3O4. The third-order valence-corrected chi connectivity index (χ3v) is 7.01. The van der Waals surface area contributed by atoms with Gasteiger partial charge in [-0.05, 0) is 44.2 Å².